The predicted molar refractivity (Wildman–Crippen MR) is 114 cm³/mol. The average molecular weight is 388 g/mol. The summed E-state index contributed by atoms with van der Waals surface area (Å²) in [5, 5.41) is 5.74. The molecule has 5 heteroatoms. The number of amides is 2. The first-order valence-corrected chi connectivity index (χ1v) is 9.54. The minimum atomic E-state index is -0.235. The van der Waals surface area contributed by atoms with Crippen LogP contribution in [0.1, 0.15) is 38.8 Å². The normalized spacial score (nSPS) is 10.3. The third kappa shape index (κ3) is 5.45. The zero-order valence-electron chi connectivity index (χ0n) is 16.6. The summed E-state index contributed by atoms with van der Waals surface area (Å²) in [4.78, 5) is 24.8. The number of aryl methyl sites for hydroxylation is 1. The number of carbonyl (C=O) groups is 2. The SMILES string of the molecule is CCOc1ccc(NC(=O)c2ccc(C(=O)NCc3ccccc3C)cc2)cc1. The Balaban J connectivity index is 1.58. The van der Waals surface area contributed by atoms with E-state index < -0.39 is 0 Å². The molecular weight excluding hydrogens is 364 g/mol. The van der Waals surface area contributed by atoms with E-state index in [0.29, 0.717) is 30.0 Å². The number of hydrogen-bond donors (Lipinski definition) is 2. The first-order valence-electron chi connectivity index (χ1n) is 9.54. The number of ether oxygens (including phenoxy) is 1. The highest BCUT2D eigenvalue weighted by atomic mass is 16.5. The van der Waals surface area contributed by atoms with Gasteiger partial charge in [-0.25, -0.2) is 0 Å². The van der Waals surface area contributed by atoms with Gasteiger partial charge in [0.2, 0.25) is 0 Å². The molecule has 2 amide bonds. The van der Waals surface area contributed by atoms with Crippen LogP contribution in [0.2, 0.25) is 0 Å². The van der Waals surface area contributed by atoms with Gasteiger partial charge < -0.3 is 15.4 Å². The monoisotopic (exact) mass is 388 g/mol. The molecule has 0 heterocycles. The molecule has 5 nitrogen and oxygen atoms in total. The Hall–Kier alpha value is -3.60. The molecule has 0 unspecified atom stereocenters. The van der Waals surface area contributed by atoms with Crippen LogP contribution in [-0.2, 0) is 6.54 Å². The van der Waals surface area contributed by atoms with Gasteiger partial charge in [-0.15, -0.1) is 0 Å². The molecule has 0 bridgehead atoms. The van der Waals surface area contributed by atoms with Gasteiger partial charge in [0.25, 0.3) is 11.8 Å². The summed E-state index contributed by atoms with van der Waals surface area (Å²) in [5.74, 6) is 0.347. The molecule has 0 aliphatic carbocycles. The fourth-order valence-corrected chi connectivity index (χ4v) is 2.86. The molecule has 0 radical (unpaired) electrons. The quantitative estimate of drug-likeness (QED) is 0.623. The molecule has 0 saturated carbocycles. The van der Waals surface area contributed by atoms with E-state index in [2.05, 4.69) is 10.6 Å². The van der Waals surface area contributed by atoms with E-state index in [0.717, 1.165) is 16.9 Å². The van der Waals surface area contributed by atoms with Gasteiger partial charge in [-0.2, -0.15) is 0 Å². The van der Waals surface area contributed by atoms with E-state index in [4.69, 9.17) is 4.74 Å². The van der Waals surface area contributed by atoms with Crippen LogP contribution in [0.25, 0.3) is 0 Å². The van der Waals surface area contributed by atoms with Crippen molar-refractivity contribution in [3.63, 3.8) is 0 Å². The molecule has 0 atom stereocenters. The lowest BCUT2D eigenvalue weighted by Gasteiger charge is -2.09. The molecule has 0 aromatic heterocycles. The zero-order valence-corrected chi connectivity index (χ0v) is 16.6. The number of anilines is 1. The lowest BCUT2D eigenvalue weighted by Crippen LogP contribution is -2.23. The molecule has 3 aromatic carbocycles. The minimum absolute atomic E-state index is 0.174. The topological polar surface area (TPSA) is 67.4 Å². The van der Waals surface area contributed by atoms with Gasteiger partial charge in [-0.3, -0.25) is 9.59 Å². The van der Waals surface area contributed by atoms with Gasteiger partial charge in [-0.1, -0.05) is 24.3 Å². The van der Waals surface area contributed by atoms with Crippen molar-refractivity contribution < 1.29 is 14.3 Å². The third-order valence-corrected chi connectivity index (χ3v) is 4.53. The lowest BCUT2D eigenvalue weighted by atomic mass is 10.1. The number of benzene rings is 3. The fraction of sp³-hybridized carbons (Fsp3) is 0.167. The summed E-state index contributed by atoms with van der Waals surface area (Å²) in [6.45, 7) is 4.99. The Morgan fingerprint density at radius 3 is 2.07 bits per heavy atom. The molecule has 3 aromatic rings. The van der Waals surface area contributed by atoms with Crippen LogP contribution in [0.15, 0.2) is 72.8 Å². The van der Waals surface area contributed by atoms with E-state index in [-0.39, 0.29) is 11.8 Å². The van der Waals surface area contributed by atoms with Crippen molar-refractivity contribution in [1.29, 1.82) is 0 Å². The van der Waals surface area contributed by atoms with Crippen molar-refractivity contribution in [2.45, 2.75) is 20.4 Å². The Kier molecular flexibility index (Phi) is 6.63. The van der Waals surface area contributed by atoms with E-state index in [1.165, 1.54) is 0 Å². The summed E-state index contributed by atoms with van der Waals surface area (Å²) >= 11 is 0. The molecule has 3 rings (SSSR count). The third-order valence-electron chi connectivity index (χ3n) is 4.53. The summed E-state index contributed by atoms with van der Waals surface area (Å²) in [6, 6.07) is 21.7. The molecular formula is C24H24N2O3. The predicted octanol–water partition coefficient (Wildman–Crippen LogP) is 4.58. The highest BCUT2D eigenvalue weighted by Gasteiger charge is 2.10. The second-order valence-corrected chi connectivity index (χ2v) is 6.60. The molecule has 2 N–H and O–H groups in total. The van der Waals surface area contributed by atoms with Crippen molar-refractivity contribution >= 4 is 17.5 Å². The summed E-state index contributed by atoms with van der Waals surface area (Å²) in [6.07, 6.45) is 0. The number of hydrogen-bond acceptors (Lipinski definition) is 3. The van der Waals surface area contributed by atoms with Gasteiger partial charge >= 0.3 is 0 Å². The first-order chi connectivity index (χ1) is 14.1. The minimum Gasteiger partial charge on any atom is -0.494 e. The van der Waals surface area contributed by atoms with Crippen molar-refractivity contribution in [3.8, 4) is 5.75 Å². The Morgan fingerprint density at radius 1 is 0.828 bits per heavy atom. The first kappa shape index (κ1) is 20.1. The van der Waals surface area contributed by atoms with Crippen LogP contribution in [-0.4, -0.2) is 18.4 Å². The second-order valence-electron chi connectivity index (χ2n) is 6.60. The van der Waals surface area contributed by atoms with Crippen LogP contribution < -0.4 is 15.4 Å². The van der Waals surface area contributed by atoms with Crippen LogP contribution in [0.3, 0.4) is 0 Å². The van der Waals surface area contributed by atoms with Crippen molar-refractivity contribution in [3.05, 3.63) is 95.1 Å². The van der Waals surface area contributed by atoms with Crippen molar-refractivity contribution in [1.82, 2.24) is 5.32 Å². The maximum Gasteiger partial charge on any atom is 0.255 e. The average Bonchev–Trinajstić information content (AvgIpc) is 2.74. The van der Waals surface area contributed by atoms with Gasteiger partial charge in [0.15, 0.2) is 0 Å². The van der Waals surface area contributed by atoms with Crippen LogP contribution >= 0.6 is 0 Å². The summed E-state index contributed by atoms with van der Waals surface area (Å²) in [5.41, 5.74) is 3.88. The maximum absolute atomic E-state index is 12.4. The molecule has 29 heavy (non-hydrogen) atoms. The smallest absolute Gasteiger partial charge is 0.255 e. The van der Waals surface area contributed by atoms with Crippen LogP contribution in [0.5, 0.6) is 5.75 Å². The highest BCUT2D eigenvalue weighted by Crippen LogP contribution is 2.17. The highest BCUT2D eigenvalue weighted by molar-refractivity contribution is 6.05. The second kappa shape index (κ2) is 9.55. The van der Waals surface area contributed by atoms with Gasteiger partial charge in [0.1, 0.15) is 5.75 Å². The van der Waals surface area contributed by atoms with Gasteiger partial charge in [-0.05, 0) is 73.5 Å². The number of rotatable bonds is 7. The standard InChI is InChI=1S/C24H24N2O3/c1-3-29-22-14-12-21(13-15-22)26-24(28)19-10-8-18(9-11-19)23(27)25-16-20-7-5-4-6-17(20)2/h4-15H,3,16H2,1-2H3,(H,25,27)(H,26,28). The molecule has 148 valence electrons. The van der Waals surface area contributed by atoms with Crippen molar-refractivity contribution in [2.75, 3.05) is 11.9 Å². The van der Waals surface area contributed by atoms with E-state index >= 15 is 0 Å². The summed E-state index contributed by atoms with van der Waals surface area (Å²) in [7, 11) is 0. The van der Waals surface area contributed by atoms with E-state index in [1.807, 2.05) is 38.1 Å². The van der Waals surface area contributed by atoms with Gasteiger partial charge in [0, 0.05) is 23.4 Å². The summed E-state index contributed by atoms with van der Waals surface area (Å²) < 4.78 is 5.39. The maximum atomic E-state index is 12.4. The lowest BCUT2D eigenvalue weighted by molar-refractivity contribution is 0.0949. The molecule has 0 saturated heterocycles. The Labute approximate surface area is 170 Å². The van der Waals surface area contributed by atoms with E-state index in [9.17, 15) is 9.59 Å². The van der Waals surface area contributed by atoms with Crippen molar-refractivity contribution in [2.24, 2.45) is 0 Å². The largest absolute Gasteiger partial charge is 0.494 e. The van der Waals surface area contributed by atoms with Crippen LogP contribution in [0.4, 0.5) is 5.69 Å². The molecule has 0 fully saturated rings. The number of carbonyl (C=O) groups excluding carboxylic acids is 2. The number of nitrogens with one attached hydrogen (secondary N) is 2. The Morgan fingerprint density at radius 2 is 1.45 bits per heavy atom. The molecule has 0 spiro atoms. The van der Waals surface area contributed by atoms with Gasteiger partial charge in [0.05, 0.1) is 6.61 Å². The van der Waals surface area contributed by atoms with E-state index in [1.54, 1.807) is 48.5 Å². The zero-order chi connectivity index (χ0) is 20.6. The molecule has 0 aliphatic rings. The Bertz CT molecular complexity index is 980. The molecule has 0 aliphatic heterocycles. The van der Waals surface area contributed by atoms with Crippen LogP contribution in [0, 0.1) is 6.92 Å². The fourth-order valence-electron chi connectivity index (χ4n) is 2.86.